The number of Topliss-reactive ketones (excluding diaryl/α,β-unsaturated/α-hetero) is 1. The summed E-state index contributed by atoms with van der Waals surface area (Å²) in [5, 5.41) is -0.554. The number of fused-ring (bicyclic) bond motifs is 5. The van der Waals surface area contributed by atoms with E-state index in [9.17, 15) is 22.8 Å². The molecule has 5 aromatic carbocycles. The fourth-order valence-electron chi connectivity index (χ4n) is 8.46. The molecule has 1 saturated carbocycles. The maximum atomic E-state index is 15.8. The molecule has 0 unspecified atom stereocenters. The maximum Gasteiger partial charge on any atom is 0.417 e. The Kier molecular flexibility index (Phi) is 6.66. The molecule has 1 heterocycles. The number of halogens is 4. The number of nitrogens with zero attached hydrogens (tertiary/aromatic N) is 1. The predicted octanol–water partition coefficient (Wildman–Crippen LogP) is 8.55. The van der Waals surface area contributed by atoms with Crippen molar-refractivity contribution in [2.45, 2.75) is 17.0 Å². The van der Waals surface area contributed by atoms with Crippen LogP contribution in [0.4, 0.5) is 18.9 Å². The predicted molar refractivity (Wildman–Crippen MR) is 177 cm³/mol. The Morgan fingerprint density at radius 1 is 0.562 bits per heavy atom. The normalized spacial score (nSPS) is 24.8. The highest BCUT2D eigenvalue weighted by Crippen LogP contribution is 2.74. The van der Waals surface area contributed by atoms with Crippen LogP contribution in [0.25, 0.3) is 11.1 Å². The van der Waals surface area contributed by atoms with E-state index in [1.807, 2.05) is 60.7 Å². The zero-order valence-corrected chi connectivity index (χ0v) is 25.9. The minimum Gasteiger partial charge on any atom is -0.297 e. The van der Waals surface area contributed by atoms with E-state index in [0.29, 0.717) is 33.4 Å². The second-order valence-electron chi connectivity index (χ2n) is 12.3. The van der Waals surface area contributed by atoms with Gasteiger partial charge in [0.25, 0.3) is 0 Å². The van der Waals surface area contributed by atoms with Gasteiger partial charge in [0, 0.05) is 0 Å². The molecule has 4 nitrogen and oxygen atoms in total. The zero-order valence-electron chi connectivity index (χ0n) is 25.1. The van der Waals surface area contributed by atoms with Crippen LogP contribution in [0.15, 0.2) is 140 Å². The molecule has 3 aliphatic rings. The van der Waals surface area contributed by atoms with Gasteiger partial charge in [-0.1, -0.05) is 133 Å². The Balaban J connectivity index is 1.52. The van der Waals surface area contributed by atoms with Crippen molar-refractivity contribution in [1.29, 1.82) is 0 Å². The molecule has 0 spiro atoms. The number of rotatable bonds is 5. The fourth-order valence-corrected chi connectivity index (χ4v) is 8.68. The van der Waals surface area contributed by atoms with E-state index in [1.165, 1.54) is 6.07 Å². The Labute approximate surface area is 279 Å². The molecular formula is C40H25ClF3NO3. The first-order valence-corrected chi connectivity index (χ1v) is 15.8. The molecule has 4 atom stereocenters. The van der Waals surface area contributed by atoms with Crippen molar-refractivity contribution >= 4 is 46.0 Å². The van der Waals surface area contributed by atoms with E-state index in [-0.39, 0.29) is 11.5 Å². The second-order valence-corrected chi connectivity index (χ2v) is 12.7. The SMILES string of the molecule is O=C1[C@H]2[C@H](C(=O)N1c1ccc(Cl)c(C(F)(F)F)c1)[C@@]1(c3ccccc3)C(=O)[C@@]2(c2ccccc2)C(c2ccccc2)=C1c1ccccc1. The number of carbonyl (C=O) groups excluding carboxylic acids is 3. The van der Waals surface area contributed by atoms with E-state index in [2.05, 4.69) is 0 Å². The molecular weight excluding hydrogens is 635 g/mol. The third kappa shape index (κ3) is 3.82. The number of allylic oxidation sites excluding steroid dienone is 2. The summed E-state index contributed by atoms with van der Waals surface area (Å²) in [6, 6.07) is 39.6. The standard InChI is InChI=1S/C40H25ClF3NO3/c41-30-22-21-28(23-29(30)40(42,43)44)45-35(46)33-34(36(45)47)39(27-19-11-4-12-20-27)32(25-15-7-2-8-16-25)31(24-13-5-1-6-14-24)38(33,37(39)48)26-17-9-3-10-18-26/h1-23,33-34H/t33-,34-,38+,39+/m1/s1. The Hall–Kier alpha value is -5.27. The first kappa shape index (κ1) is 30.1. The molecule has 2 amide bonds. The lowest BCUT2D eigenvalue weighted by Crippen LogP contribution is -2.45. The number of benzene rings is 5. The highest BCUT2D eigenvalue weighted by atomic mass is 35.5. The number of hydrogen-bond acceptors (Lipinski definition) is 3. The van der Waals surface area contributed by atoms with Crippen LogP contribution in [0.5, 0.6) is 0 Å². The molecule has 1 saturated heterocycles. The molecule has 5 aromatic rings. The van der Waals surface area contributed by atoms with Gasteiger partial charge in [-0.25, -0.2) is 4.90 Å². The minimum absolute atomic E-state index is 0.253. The van der Waals surface area contributed by atoms with Crippen LogP contribution in [0, 0.1) is 11.8 Å². The van der Waals surface area contributed by atoms with Crippen molar-refractivity contribution in [1.82, 2.24) is 0 Å². The monoisotopic (exact) mass is 659 g/mol. The van der Waals surface area contributed by atoms with Gasteiger partial charge in [0.2, 0.25) is 11.8 Å². The van der Waals surface area contributed by atoms with Crippen molar-refractivity contribution in [3.63, 3.8) is 0 Å². The van der Waals surface area contributed by atoms with E-state index in [4.69, 9.17) is 11.6 Å². The van der Waals surface area contributed by atoms with E-state index < -0.39 is 51.2 Å². The topological polar surface area (TPSA) is 54.5 Å². The van der Waals surface area contributed by atoms with Gasteiger partial charge in [-0.2, -0.15) is 13.2 Å². The van der Waals surface area contributed by atoms with Gasteiger partial charge in [0.15, 0.2) is 5.78 Å². The lowest BCUT2D eigenvalue weighted by atomic mass is 9.59. The first-order chi connectivity index (χ1) is 23.1. The second kappa shape index (κ2) is 10.6. The third-order valence-corrected chi connectivity index (χ3v) is 10.4. The van der Waals surface area contributed by atoms with Crippen LogP contribution in [0.3, 0.4) is 0 Å². The van der Waals surface area contributed by atoms with Gasteiger partial charge >= 0.3 is 6.18 Å². The molecule has 0 radical (unpaired) electrons. The number of hydrogen-bond donors (Lipinski definition) is 0. The molecule has 8 heteroatoms. The summed E-state index contributed by atoms with van der Waals surface area (Å²) in [5.41, 5.74) is -1.06. The third-order valence-electron chi connectivity index (χ3n) is 10.1. The van der Waals surface area contributed by atoms with E-state index in [0.717, 1.165) is 17.0 Å². The Morgan fingerprint density at radius 2 is 0.958 bits per heavy atom. The van der Waals surface area contributed by atoms with Crippen LogP contribution in [0.2, 0.25) is 5.02 Å². The van der Waals surface area contributed by atoms with Gasteiger partial charge in [0.1, 0.15) is 0 Å². The van der Waals surface area contributed by atoms with Crippen LogP contribution in [0.1, 0.15) is 27.8 Å². The largest absolute Gasteiger partial charge is 0.417 e. The lowest BCUT2D eigenvalue weighted by Gasteiger charge is -2.39. The molecule has 2 bridgehead atoms. The van der Waals surface area contributed by atoms with Crippen molar-refractivity contribution in [3.8, 4) is 0 Å². The summed E-state index contributed by atoms with van der Waals surface area (Å²) in [5.74, 6) is -4.30. The number of carbonyl (C=O) groups is 3. The van der Waals surface area contributed by atoms with Crippen molar-refractivity contribution in [3.05, 3.63) is 172 Å². The van der Waals surface area contributed by atoms with E-state index in [1.54, 1.807) is 60.7 Å². The number of imide groups is 1. The summed E-state index contributed by atoms with van der Waals surface area (Å²) in [4.78, 5) is 46.6. The quantitative estimate of drug-likeness (QED) is 0.178. The van der Waals surface area contributed by atoms with Gasteiger partial charge < -0.3 is 0 Å². The van der Waals surface area contributed by atoms with Crippen LogP contribution < -0.4 is 4.90 Å². The molecule has 48 heavy (non-hydrogen) atoms. The van der Waals surface area contributed by atoms with Crippen LogP contribution in [-0.2, 0) is 31.4 Å². The van der Waals surface area contributed by atoms with Crippen LogP contribution >= 0.6 is 11.6 Å². The average molecular weight is 660 g/mol. The fraction of sp³-hybridized carbons (Fsp3) is 0.125. The maximum absolute atomic E-state index is 15.8. The van der Waals surface area contributed by atoms with Gasteiger partial charge in [0.05, 0.1) is 38.9 Å². The van der Waals surface area contributed by atoms with Gasteiger partial charge in [-0.3, -0.25) is 14.4 Å². The molecule has 0 N–H and O–H groups in total. The first-order valence-electron chi connectivity index (χ1n) is 15.4. The van der Waals surface area contributed by atoms with Crippen molar-refractivity contribution in [2.24, 2.45) is 11.8 Å². The Morgan fingerprint density at radius 3 is 1.35 bits per heavy atom. The summed E-state index contributed by atoms with van der Waals surface area (Å²) in [6.45, 7) is 0. The van der Waals surface area contributed by atoms with Gasteiger partial charge in [-0.05, 0) is 51.6 Å². The number of ketones is 1. The summed E-state index contributed by atoms with van der Waals surface area (Å²) >= 11 is 5.95. The molecule has 2 aliphatic carbocycles. The highest BCUT2D eigenvalue weighted by Gasteiger charge is 2.82. The van der Waals surface area contributed by atoms with Gasteiger partial charge in [-0.15, -0.1) is 0 Å². The summed E-state index contributed by atoms with van der Waals surface area (Å²) in [7, 11) is 0. The summed E-state index contributed by atoms with van der Waals surface area (Å²) < 4.78 is 42.1. The van der Waals surface area contributed by atoms with Crippen LogP contribution in [-0.4, -0.2) is 17.6 Å². The zero-order chi connectivity index (χ0) is 33.4. The molecule has 1 aliphatic heterocycles. The highest BCUT2D eigenvalue weighted by molar-refractivity contribution is 6.39. The molecule has 236 valence electrons. The number of alkyl halides is 3. The lowest BCUT2D eigenvalue weighted by molar-refractivity contribution is -0.137. The van der Waals surface area contributed by atoms with E-state index >= 15 is 4.79 Å². The molecule has 0 aromatic heterocycles. The number of amides is 2. The Bertz CT molecular complexity index is 2030. The average Bonchev–Trinajstić information content (AvgIpc) is 3.61. The summed E-state index contributed by atoms with van der Waals surface area (Å²) in [6.07, 6.45) is -4.83. The minimum atomic E-state index is -4.83. The molecule has 8 rings (SSSR count). The molecule has 2 fully saturated rings. The van der Waals surface area contributed by atoms with Crippen molar-refractivity contribution < 1.29 is 27.6 Å². The smallest absolute Gasteiger partial charge is 0.297 e. The number of anilines is 1. The van der Waals surface area contributed by atoms with Crippen molar-refractivity contribution in [2.75, 3.05) is 4.90 Å².